The van der Waals surface area contributed by atoms with E-state index in [1.807, 2.05) is 6.92 Å². The van der Waals surface area contributed by atoms with Crippen LogP contribution in [-0.4, -0.2) is 29.7 Å². The molecular formula is C10H8IN6O2P. The van der Waals surface area contributed by atoms with Crippen molar-refractivity contribution in [3.05, 3.63) is 34.3 Å². The average molecular weight is 402 g/mol. The highest BCUT2D eigenvalue weighted by molar-refractivity contribution is 14.2. The van der Waals surface area contributed by atoms with Gasteiger partial charge in [0.05, 0.1) is 22.5 Å². The van der Waals surface area contributed by atoms with Gasteiger partial charge in [-0.15, -0.1) is 0 Å². The van der Waals surface area contributed by atoms with Gasteiger partial charge in [0.25, 0.3) is 0 Å². The molecule has 0 aliphatic heterocycles. The zero-order valence-corrected chi connectivity index (χ0v) is 13.3. The van der Waals surface area contributed by atoms with Gasteiger partial charge in [-0.25, -0.2) is 4.45 Å². The molecule has 102 valence electrons. The van der Waals surface area contributed by atoms with E-state index in [-0.39, 0.29) is 11.4 Å². The number of H-pyrrole nitrogens is 1. The van der Waals surface area contributed by atoms with E-state index in [1.165, 1.54) is 10.6 Å². The molecule has 0 spiro atoms. The third-order valence-corrected chi connectivity index (χ3v) is 4.74. The smallest absolute Gasteiger partial charge is 0.282 e. The fourth-order valence-electron chi connectivity index (χ4n) is 1.88. The summed E-state index contributed by atoms with van der Waals surface area (Å²) in [5, 5.41) is 23.2. The second-order valence-electron chi connectivity index (χ2n) is 4.08. The van der Waals surface area contributed by atoms with Gasteiger partial charge >= 0.3 is 5.69 Å². The number of pyridine rings is 1. The van der Waals surface area contributed by atoms with Crippen molar-refractivity contribution in [2.24, 2.45) is 0 Å². The van der Waals surface area contributed by atoms with Crippen molar-refractivity contribution >= 4 is 45.0 Å². The van der Waals surface area contributed by atoms with Crippen molar-refractivity contribution in [2.75, 3.05) is 0 Å². The van der Waals surface area contributed by atoms with Crippen molar-refractivity contribution in [1.82, 2.24) is 24.7 Å². The van der Waals surface area contributed by atoms with Crippen LogP contribution in [0.4, 0.5) is 5.69 Å². The van der Waals surface area contributed by atoms with Gasteiger partial charge in [0, 0.05) is 17.3 Å². The van der Waals surface area contributed by atoms with Crippen LogP contribution >= 0.6 is 28.4 Å². The van der Waals surface area contributed by atoms with Crippen LogP contribution in [0.2, 0.25) is 0 Å². The van der Waals surface area contributed by atoms with Gasteiger partial charge in [-0.1, -0.05) is 0 Å². The Hall–Kier alpha value is -1.61. The van der Waals surface area contributed by atoms with Crippen molar-refractivity contribution in [2.45, 2.75) is 6.92 Å². The molecule has 10 heteroatoms. The molecule has 0 aromatic carbocycles. The molecule has 0 aliphatic rings. The number of fused-ring (bicyclic) bond motifs is 1. The SMILES string of the molecule is Cc1[nH]nc2cc(-c3nn(PI)cc3[N+](=O)[O-])ncc12. The van der Waals surface area contributed by atoms with E-state index in [2.05, 4.69) is 42.3 Å². The van der Waals surface area contributed by atoms with Crippen molar-refractivity contribution in [1.29, 1.82) is 0 Å². The van der Waals surface area contributed by atoms with Gasteiger partial charge in [0.2, 0.25) is 0 Å². The molecular weight excluding hydrogens is 394 g/mol. The normalized spacial score (nSPS) is 11.7. The highest BCUT2D eigenvalue weighted by atomic mass is 127. The molecule has 0 radical (unpaired) electrons. The molecule has 3 aromatic heterocycles. The van der Waals surface area contributed by atoms with Gasteiger partial charge in [-0.05, 0) is 35.0 Å². The Labute approximate surface area is 127 Å². The van der Waals surface area contributed by atoms with Gasteiger partial charge in [-0.3, -0.25) is 20.2 Å². The predicted molar refractivity (Wildman–Crippen MR) is 84.2 cm³/mol. The van der Waals surface area contributed by atoms with E-state index in [1.54, 1.807) is 12.3 Å². The summed E-state index contributed by atoms with van der Waals surface area (Å²) in [4.78, 5) is 14.9. The Morgan fingerprint density at radius 3 is 3.05 bits per heavy atom. The zero-order valence-electron chi connectivity index (χ0n) is 10.2. The lowest BCUT2D eigenvalue weighted by atomic mass is 10.2. The molecule has 3 heterocycles. The first-order valence-electron chi connectivity index (χ1n) is 5.52. The molecule has 0 saturated carbocycles. The lowest BCUT2D eigenvalue weighted by Gasteiger charge is -1.96. The monoisotopic (exact) mass is 402 g/mol. The van der Waals surface area contributed by atoms with E-state index in [0.717, 1.165) is 11.1 Å². The summed E-state index contributed by atoms with van der Waals surface area (Å²) in [6.45, 7) is 1.89. The Morgan fingerprint density at radius 2 is 2.35 bits per heavy atom. The number of aryl methyl sites for hydroxylation is 1. The van der Waals surface area contributed by atoms with Crippen LogP contribution in [0.25, 0.3) is 22.3 Å². The number of hydrogen-bond donors (Lipinski definition) is 1. The minimum Gasteiger partial charge on any atom is -0.282 e. The minimum absolute atomic E-state index is 0.0479. The summed E-state index contributed by atoms with van der Waals surface area (Å²) in [6.07, 6.45) is 3.36. The molecule has 1 unspecified atom stereocenters. The molecule has 0 bridgehead atoms. The van der Waals surface area contributed by atoms with Crippen molar-refractivity contribution < 1.29 is 4.92 Å². The molecule has 1 atom stereocenters. The summed E-state index contributed by atoms with van der Waals surface area (Å²) < 4.78 is 1.54. The molecule has 8 nitrogen and oxygen atoms in total. The molecule has 1 N–H and O–H groups in total. The van der Waals surface area contributed by atoms with Crippen molar-refractivity contribution in [3.8, 4) is 11.4 Å². The topological polar surface area (TPSA) is 103 Å². The quantitative estimate of drug-likeness (QED) is 0.314. The van der Waals surface area contributed by atoms with E-state index >= 15 is 0 Å². The molecule has 0 amide bonds. The molecule has 20 heavy (non-hydrogen) atoms. The Morgan fingerprint density at radius 1 is 1.55 bits per heavy atom. The number of hydrogen-bond acceptors (Lipinski definition) is 5. The third-order valence-electron chi connectivity index (χ3n) is 2.85. The van der Waals surface area contributed by atoms with Crippen LogP contribution in [0.5, 0.6) is 0 Å². The number of nitrogens with zero attached hydrogens (tertiary/aromatic N) is 5. The fourth-order valence-corrected chi connectivity index (χ4v) is 2.93. The van der Waals surface area contributed by atoms with E-state index < -0.39 is 4.92 Å². The highest BCUT2D eigenvalue weighted by Crippen LogP contribution is 2.33. The zero-order chi connectivity index (χ0) is 14.3. The maximum absolute atomic E-state index is 11.1. The van der Waals surface area contributed by atoms with Crippen molar-refractivity contribution in [3.63, 3.8) is 0 Å². The van der Waals surface area contributed by atoms with E-state index in [4.69, 9.17) is 0 Å². The second-order valence-corrected chi connectivity index (χ2v) is 6.16. The second kappa shape index (κ2) is 5.06. The Bertz CT molecular complexity index is 813. The maximum atomic E-state index is 11.1. The molecule has 3 aromatic rings. The number of aromatic amines is 1. The first-order chi connectivity index (χ1) is 9.60. The number of aromatic nitrogens is 5. The predicted octanol–water partition coefficient (Wildman–Crippen LogP) is 2.83. The van der Waals surface area contributed by atoms with Crippen LogP contribution in [0, 0.1) is 17.0 Å². The summed E-state index contributed by atoms with van der Waals surface area (Å²) in [5.41, 5.74) is 2.29. The summed E-state index contributed by atoms with van der Waals surface area (Å²) in [6, 6.07) is 1.70. The maximum Gasteiger partial charge on any atom is 0.316 e. The molecule has 0 fully saturated rings. The van der Waals surface area contributed by atoms with Crippen LogP contribution in [0.1, 0.15) is 5.69 Å². The number of halogens is 1. The van der Waals surface area contributed by atoms with Crippen LogP contribution < -0.4 is 0 Å². The number of nitro groups is 1. The van der Waals surface area contributed by atoms with Crippen LogP contribution in [-0.2, 0) is 0 Å². The molecule has 0 aliphatic carbocycles. The Balaban J connectivity index is 2.19. The summed E-state index contributed by atoms with van der Waals surface area (Å²) >= 11 is 2.11. The molecule has 3 rings (SSSR count). The summed E-state index contributed by atoms with van der Waals surface area (Å²) in [7, 11) is 0. The van der Waals surface area contributed by atoms with Gasteiger partial charge in [0.15, 0.2) is 5.69 Å². The largest absolute Gasteiger partial charge is 0.316 e. The first-order valence-corrected chi connectivity index (χ1v) is 9.58. The minimum atomic E-state index is -0.447. The van der Waals surface area contributed by atoms with E-state index in [0.29, 0.717) is 17.6 Å². The van der Waals surface area contributed by atoms with Gasteiger partial charge in [-0.2, -0.15) is 10.2 Å². The van der Waals surface area contributed by atoms with E-state index in [9.17, 15) is 10.1 Å². The van der Waals surface area contributed by atoms with Gasteiger partial charge < -0.3 is 0 Å². The first kappa shape index (κ1) is 13.4. The van der Waals surface area contributed by atoms with Gasteiger partial charge in [0.1, 0.15) is 6.20 Å². The number of nitrogens with one attached hydrogen (secondary N) is 1. The number of rotatable bonds is 3. The third kappa shape index (κ3) is 2.16. The standard InChI is InChI=1S/C10H8IN6O2P/c1-5-6-3-12-8(2-7(6)14-13-5)10-9(17(18)19)4-16(15-10)20-11/h2-4,20H,1H3,(H,13,14). The van der Waals surface area contributed by atoms with Crippen LogP contribution in [0.3, 0.4) is 0 Å². The lowest BCUT2D eigenvalue weighted by molar-refractivity contribution is -0.384. The summed E-state index contributed by atoms with van der Waals surface area (Å²) in [5.74, 6) is 0. The average Bonchev–Trinajstić information content (AvgIpc) is 3.03. The Kier molecular flexibility index (Phi) is 3.38. The van der Waals surface area contributed by atoms with Crippen LogP contribution in [0.15, 0.2) is 18.5 Å². The fraction of sp³-hybridized carbons (Fsp3) is 0.100. The molecule has 0 saturated heterocycles. The highest BCUT2D eigenvalue weighted by Gasteiger charge is 2.22. The lowest BCUT2D eigenvalue weighted by Crippen LogP contribution is -1.91.